The molecule has 128 valence electrons. The fourth-order valence-corrected chi connectivity index (χ4v) is 2.03. The monoisotopic (exact) mass is 330 g/mol. The molecule has 0 bridgehead atoms. The molecule has 0 saturated heterocycles. The van der Waals surface area contributed by atoms with E-state index in [4.69, 9.17) is 14.6 Å². The predicted octanol–water partition coefficient (Wildman–Crippen LogP) is 2.41. The first kappa shape index (κ1) is 17.6. The molecule has 6 heteroatoms. The zero-order valence-electron chi connectivity index (χ0n) is 13.6. The van der Waals surface area contributed by atoms with Gasteiger partial charge in [-0.15, -0.1) is 0 Å². The number of carbonyl (C=O) groups excluding carboxylic acids is 1. The molecule has 6 nitrogen and oxygen atoms in total. The van der Waals surface area contributed by atoms with Crippen molar-refractivity contribution in [2.45, 2.75) is 20.1 Å². The minimum absolute atomic E-state index is 0.00868. The normalized spacial score (nSPS) is 10.1. The van der Waals surface area contributed by atoms with Gasteiger partial charge >= 0.3 is 6.03 Å². The van der Waals surface area contributed by atoms with Gasteiger partial charge < -0.3 is 25.2 Å². The van der Waals surface area contributed by atoms with Crippen molar-refractivity contribution in [1.82, 2.24) is 10.6 Å². The van der Waals surface area contributed by atoms with Gasteiger partial charge in [0.25, 0.3) is 0 Å². The number of benzene rings is 2. The second-order valence-electron chi connectivity index (χ2n) is 5.00. The number of hydrogen-bond acceptors (Lipinski definition) is 4. The third kappa shape index (κ3) is 5.48. The van der Waals surface area contributed by atoms with E-state index in [-0.39, 0.29) is 19.4 Å². The summed E-state index contributed by atoms with van der Waals surface area (Å²) in [5.41, 5.74) is 1.79. The first-order valence-electron chi connectivity index (χ1n) is 7.78. The molecular formula is C18H22N2O4. The van der Waals surface area contributed by atoms with Crippen molar-refractivity contribution in [1.29, 1.82) is 0 Å². The summed E-state index contributed by atoms with van der Waals surface area (Å²) in [5, 5.41) is 14.4. The quantitative estimate of drug-likeness (QED) is 0.650. The van der Waals surface area contributed by atoms with Crippen molar-refractivity contribution in [3.05, 3.63) is 59.7 Å². The Labute approximate surface area is 141 Å². The predicted molar refractivity (Wildman–Crippen MR) is 90.8 cm³/mol. The summed E-state index contributed by atoms with van der Waals surface area (Å²) in [4.78, 5) is 11.8. The zero-order chi connectivity index (χ0) is 17.2. The highest BCUT2D eigenvalue weighted by atomic mass is 16.5. The van der Waals surface area contributed by atoms with Crippen molar-refractivity contribution >= 4 is 6.03 Å². The van der Waals surface area contributed by atoms with E-state index >= 15 is 0 Å². The number of aliphatic hydroxyl groups excluding tert-OH is 1. The van der Waals surface area contributed by atoms with E-state index in [1.54, 1.807) is 6.07 Å². The lowest BCUT2D eigenvalue weighted by Crippen LogP contribution is -2.37. The standard InChI is InChI=1S/C18H22N2O4/c1-2-23-16-5-3-4-6-17(16)24-13-20-18(22)19-11-14-7-9-15(12-21)10-8-14/h3-10,21H,2,11-13H2,1H3,(H2,19,20,22). The summed E-state index contributed by atoms with van der Waals surface area (Å²) >= 11 is 0. The first-order chi connectivity index (χ1) is 11.7. The highest BCUT2D eigenvalue weighted by Crippen LogP contribution is 2.25. The molecule has 0 unspecified atom stereocenters. The molecule has 0 aliphatic heterocycles. The molecule has 3 N–H and O–H groups in total. The van der Waals surface area contributed by atoms with Crippen molar-refractivity contribution < 1.29 is 19.4 Å². The molecule has 0 atom stereocenters. The smallest absolute Gasteiger partial charge is 0.317 e. The number of amides is 2. The molecule has 0 fully saturated rings. The maximum absolute atomic E-state index is 11.8. The van der Waals surface area contributed by atoms with Crippen LogP contribution in [0.25, 0.3) is 0 Å². The Kier molecular flexibility index (Phi) is 6.91. The SMILES string of the molecule is CCOc1ccccc1OCNC(=O)NCc1ccc(CO)cc1. The number of hydrogen-bond donors (Lipinski definition) is 3. The van der Waals surface area contributed by atoms with Crippen molar-refractivity contribution in [3.8, 4) is 11.5 Å². The van der Waals surface area contributed by atoms with Crippen molar-refractivity contribution in [2.75, 3.05) is 13.3 Å². The van der Waals surface area contributed by atoms with E-state index in [0.717, 1.165) is 11.1 Å². The lowest BCUT2D eigenvalue weighted by molar-refractivity contribution is 0.219. The van der Waals surface area contributed by atoms with Crippen molar-refractivity contribution in [3.63, 3.8) is 0 Å². The van der Waals surface area contributed by atoms with E-state index in [1.807, 2.05) is 49.4 Å². The molecule has 2 aromatic carbocycles. The van der Waals surface area contributed by atoms with Crippen LogP contribution in [0.4, 0.5) is 4.79 Å². The van der Waals surface area contributed by atoms with Crippen LogP contribution in [-0.2, 0) is 13.2 Å². The molecule has 0 aromatic heterocycles. The second-order valence-corrected chi connectivity index (χ2v) is 5.00. The van der Waals surface area contributed by atoms with Gasteiger partial charge in [-0.3, -0.25) is 0 Å². The van der Waals surface area contributed by atoms with Gasteiger partial charge in [-0.05, 0) is 30.2 Å². The van der Waals surface area contributed by atoms with Crippen LogP contribution in [0.2, 0.25) is 0 Å². The Bertz CT molecular complexity index is 644. The molecule has 0 radical (unpaired) electrons. The van der Waals surface area contributed by atoms with Gasteiger partial charge in [0.15, 0.2) is 18.2 Å². The van der Waals surface area contributed by atoms with Crippen LogP contribution in [0, 0.1) is 0 Å². The number of nitrogens with one attached hydrogen (secondary N) is 2. The lowest BCUT2D eigenvalue weighted by Gasteiger charge is -2.12. The highest BCUT2D eigenvalue weighted by Gasteiger charge is 2.05. The average Bonchev–Trinajstić information content (AvgIpc) is 2.62. The van der Waals surface area contributed by atoms with Crippen LogP contribution in [0.1, 0.15) is 18.1 Å². The van der Waals surface area contributed by atoms with E-state index in [0.29, 0.717) is 24.7 Å². The minimum atomic E-state index is -0.324. The van der Waals surface area contributed by atoms with Crippen molar-refractivity contribution in [2.24, 2.45) is 0 Å². The van der Waals surface area contributed by atoms with Crippen LogP contribution in [0.3, 0.4) is 0 Å². The van der Waals surface area contributed by atoms with Gasteiger partial charge in [0.1, 0.15) is 0 Å². The summed E-state index contributed by atoms with van der Waals surface area (Å²) in [5.74, 6) is 1.23. The summed E-state index contributed by atoms with van der Waals surface area (Å²) in [6, 6.07) is 14.3. The van der Waals surface area contributed by atoms with Gasteiger partial charge in [-0.1, -0.05) is 36.4 Å². The number of ether oxygens (including phenoxy) is 2. The summed E-state index contributed by atoms with van der Waals surface area (Å²) in [6.07, 6.45) is 0. The van der Waals surface area contributed by atoms with Gasteiger partial charge in [-0.25, -0.2) is 4.79 Å². The Morgan fingerprint density at radius 2 is 1.58 bits per heavy atom. The fraction of sp³-hybridized carbons (Fsp3) is 0.278. The largest absolute Gasteiger partial charge is 0.490 e. The topological polar surface area (TPSA) is 79.8 Å². The number of para-hydroxylation sites is 2. The van der Waals surface area contributed by atoms with Gasteiger partial charge in [0, 0.05) is 6.54 Å². The molecule has 2 rings (SSSR count). The Hall–Kier alpha value is -2.73. The molecular weight excluding hydrogens is 308 g/mol. The molecule has 2 amide bonds. The van der Waals surface area contributed by atoms with E-state index in [1.165, 1.54) is 0 Å². The summed E-state index contributed by atoms with van der Waals surface area (Å²) in [7, 11) is 0. The molecule has 24 heavy (non-hydrogen) atoms. The van der Waals surface area contributed by atoms with E-state index < -0.39 is 0 Å². The number of rotatable bonds is 8. The summed E-state index contributed by atoms with van der Waals surface area (Å²) < 4.78 is 11.0. The highest BCUT2D eigenvalue weighted by molar-refractivity contribution is 5.73. The number of carbonyl (C=O) groups is 1. The summed E-state index contributed by atoms with van der Waals surface area (Å²) in [6.45, 7) is 2.89. The number of urea groups is 1. The van der Waals surface area contributed by atoms with Gasteiger partial charge in [0.2, 0.25) is 0 Å². The van der Waals surface area contributed by atoms with Crippen LogP contribution in [-0.4, -0.2) is 24.5 Å². The third-order valence-corrected chi connectivity index (χ3v) is 3.27. The molecule has 0 spiro atoms. The molecule has 0 saturated carbocycles. The molecule has 0 aliphatic carbocycles. The van der Waals surface area contributed by atoms with Crippen LogP contribution < -0.4 is 20.1 Å². The lowest BCUT2D eigenvalue weighted by atomic mass is 10.1. The van der Waals surface area contributed by atoms with E-state index in [2.05, 4.69) is 10.6 Å². The number of aliphatic hydroxyl groups is 1. The molecule has 0 heterocycles. The maximum atomic E-state index is 11.8. The average molecular weight is 330 g/mol. The third-order valence-electron chi connectivity index (χ3n) is 3.27. The Balaban J connectivity index is 1.73. The maximum Gasteiger partial charge on any atom is 0.317 e. The Morgan fingerprint density at radius 1 is 0.958 bits per heavy atom. The first-order valence-corrected chi connectivity index (χ1v) is 7.78. The van der Waals surface area contributed by atoms with Crippen LogP contribution >= 0.6 is 0 Å². The zero-order valence-corrected chi connectivity index (χ0v) is 13.6. The fourth-order valence-electron chi connectivity index (χ4n) is 2.03. The molecule has 0 aliphatic rings. The van der Waals surface area contributed by atoms with Gasteiger partial charge in [0.05, 0.1) is 13.2 Å². The molecule has 2 aromatic rings. The van der Waals surface area contributed by atoms with Gasteiger partial charge in [-0.2, -0.15) is 0 Å². The van der Waals surface area contributed by atoms with Crippen LogP contribution in [0.15, 0.2) is 48.5 Å². The van der Waals surface area contributed by atoms with E-state index in [9.17, 15) is 4.79 Å². The van der Waals surface area contributed by atoms with Crippen LogP contribution in [0.5, 0.6) is 11.5 Å². The Morgan fingerprint density at radius 3 is 2.21 bits per heavy atom. The minimum Gasteiger partial charge on any atom is -0.490 e. The second kappa shape index (κ2) is 9.42.